The van der Waals surface area contributed by atoms with E-state index in [4.69, 9.17) is 5.73 Å². The number of nitrogens with two attached hydrogens (primary N) is 1. The smallest absolute Gasteiger partial charge is 0.375 e. The lowest BCUT2D eigenvalue weighted by molar-refractivity contribution is -0.216. The van der Waals surface area contributed by atoms with E-state index in [1.54, 1.807) is 24.3 Å². The molecule has 0 atom stereocenters. The van der Waals surface area contributed by atoms with Gasteiger partial charge in [0.25, 0.3) is 0 Å². The highest BCUT2D eigenvalue weighted by Crippen LogP contribution is 2.11. The first kappa shape index (κ1) is 8.55. The Hall–Kier alpha value is -1.55. The molecule has 0 heterocycles. The molecule has 0 saturated heterocycles. The summed E-state index contributed by atoms with van der Waals surface area (Å²) in [6.07, 6.45) is 0. The van der Waals surface area contributed by atoms with E-state index in [9.17, 15) is 4.79 Å². The average molecular weight is 167 g/mol. The van der Waals surface area contributed by atoms with Gasteiger partial charge in [-0.15, -0.1) is 0 Å². The molecule has 0 spiro atoms. The number of benzene rings is 1. The summed E-state index contributed by atoms with van der Waals surface area (Å²) in [6, 6.07) is 6.62. The maximum atomic E-state index is 11.0. The van der Waals surface area contributed by atoms with Crippen molar-refractivity contribution in [1.82, 2.24) is 0 Å². The fourth-order valence-corrected chi connectivity index (χ4v) is 0.803. The molecule has 12 heavy (non-hydrogen) atoms. The molecule has 0 amide bonds. The second-order valence-electron chi connectivity index (χ2n) is 2.12. The minimum absolute atomic E-state index is 0.305. The topological polar surface area (TPSA) is 61.5 Å². The van der Waals surface area contributed by atoms with E-state index in [1.807, 2.05) is 0 Å². The lowest BCUT2D eigenvalue weighted by Crippen LogP contribution is -2.06. The Morgan fingerprint density at radius 2 is 2.08 bits per heavy atom. The summed E-state index contributed by atoms with van der Waals surface area (Å²) >= 11 is 0. The average Bonchev–Trinajstić information content (AvgIpc) is 2.05. The Morgan fingerprint density at radius 3 is 2.67 bits per heavy atom. The second-order valence-corrected chi connectivity index (χ2v) is 2.12. The lowest BCUT2D eigenvalue weighted by Gasteiger charge is -2.01. The summed E-state index contributed by atoms with van der Waals surface area (Å²) in [5.41, 5.74) is 6.17. The van der Waals surface area contributed by atoms with Crippen LogP contribution in [0.25, 0.3) is 0 Å². The van der Waals surface area contributed by atoms with Crippen LogP contribution in [0.1, 0.15) is 10.4 Å². The molecular weight excluding hydrogens is 158 g/mol. The summed E-state index contributed by atoms with van der Waals surface area (Å²) in [7, 11) is 1.26. The van der Waals surface area contributed by atoms with Crippen LogP contribution in [0.4, 0.5) is 5.69 Å². The second kappa shape index (κ2) is 3.73. The van der Waals surface area contributed by atoms with Gasteiger partial charge in [-0.05, 0) is 12.1 Å². The molecule has 64 valence electrons. The van der Waals surface area contributed by atoms with Crippen molar-refractivity contribution in [1.29, 1.82) is 0 Å². The first-order chi connectivity index (χ1) is 5.75. The van der Waals surface area contributed by atoms with Crippen LogP contribution in [0.5, 0.6) is 0 Å². The first-order valence-corrected chi connectivity index (χ1v) is 3.35. The number of rotatable bonds is 2. The molecule has 0 aliphatic rings. The van der Waals surface area contributed by atoms with E-state index in [2.05, 4.69) is 9.78 Å². The summed E-state index contributed by atoms with van der Waals surface area (Å²) in [5.74, 6) is -0.587. The van der Waals surface area contributed by atoms with Gasteiger partial charge in [-0.2, -0.15) is 4.89 Å². The Morgan fingerprint density at radius 1 is 1.42 bits per heavy atom. The van der Waals surface area contributed by atoms with Gasteiger partial charge in [0.1, 0.15) is 0 Å². The maximum absolute atomic E-state index is 11.0. The Bertz CT molecular complexity index is 285. The van der Waals surface area contributed by atoms with E-state index in [0.717, 1.165) is 0 Å². The number of carbonyl (C=O) groups is 1. The predicted molar refractivity (Wildman–Crippen MR) is 43.3 cm³/mol. The monoisotopic (exact) mass is 167 g/mol. The largest absolute Gasteiger partial charge is 0.398 e. The van der Waals surface area contributed by atoms with Crippen molar-refractivity contribution in [2.24, 2.45) is 0 Å². The molecule has 0 radical (unpaired) electrons. The Labute approximate surface area is 69.8 Å². The SMILES string of the molecule is COOC(=O)c1ccccc1N. The van der Waals surface area contributed by atoms with Crippen molar-refractivity contribution in [2.45, 2.75) is 0 Å². The van der Waals surface area contributed by atoms with Gasteiger partial charge < -0.3 is 5.73 Å². The minimum Gasteiger partial charge on any atom is -0.398 e. The molecule has 0 aromatic heterocycles. The fraction of sp³-hybridized carbons (Fsp3) is 0.125. The highest BCUT2D eigenvalue weighted by Gasteiger charge is 2.09. The summed E-state index contributed by atoms with van der Waals surface area (Å²) in [4.78, 5) is 19.5. The molecule has 0 bridgehead atoms. The molecule has 0 aliphatic carbocycles. The van der Waals surface area contributed by atoms with Crippen molar-refractivity contribution < 1.29 is 14.6 Å². The molecule has 0 unspecified atom stereocenters. The summed E-state index contributed by atoms with van der Waals surface area (Å²) in [6.45, 7) is 0. The van der Waals surface area contributed by atoms with Gasteiger partial charge in [0.15, 0.2) is 0 Å². The van der Waals surface area contributed by atoms with Crippen LogP contribution in [0, 0.1) is 0 Å². The van der Waals surface area contributed by atoms with E-state index in [0.29, 0.717) is 11.3 Å². The number of hydrogen-bond donors (Lipinski definition) is 1. The molecule has 4 heteroatoms. The van der Waals surface area contributed by atoms with Crippen LogP contribution in [-0.2, 0) is 9.78 Å². The van der Waals surface area contributed by atoms with Crippen LogP contribution >= 0.6 is 0 Å². The van der Waals surface area contributed by atoms with Crippen molar-refractivity contribution in [3.63, 3.8) is 0 Å². The zero-order chi connectivity index (χ0) is 8.97. The van der Waals surface area contributed by atoms with Crippen LogP contribution < -0.4 is 5.73 Å². The summed E-state index contributed by atoms with van der Waals surface area (Å²) < 4.78 is 0. The van der Waals surface area contributed by atoms with Crippen molar-refractivity contribution in [2.75, 3.05) is 12.8 Å². The van der Waals surface area contributed by atoms with Gasteiger partial charge in [0.05, 0.1) is 12.7 Å². The first-order valence-electron chi connectivity index (χ1n) is 3.35. The number of para-hydroxylation sites is 1. The highest BCUT2D eigenvalue weighted by molar-refractivity contribution is 5.94. The van der Waals surface area contributed by atoms with Crippen LogP contribution in [0.15, 0.2) is 24.3 Å². The normalized spacial score (nSPS) is 9.42. The van der Waals surface area contributed by atoms with Gasteiger partial charge >= 0.3 is 5.97 Å². The van der Waals surface area contributed by atoms with Crippen LogP contribution in [0.2, 0.25) is 0 Å². The van der Waals surface area contributed by atoms with Crippen LogP contribution in [0.3, 0.4) is 0 Å². The third kappa shape index (κ3) is 1.73. The predicted octanol–water partition coefficient (Wildman–Crippen LogP) is 0.987. The van der Waals surface area contributed by atoms with Gasteiger partial charge in [-0.25, -0.2) is 4.79 Å². The maximum Gasteiger partial charge on any atom is 0.375 e. The van der Waals surface area contributed by atoms with Crippen LogP contribution in [-0.4, -0.2) is 13.1 Å². The molecular formula is C8H9NO3. The van der Waals surface area contributed by atoms with Gasteiger partial charge in [-0.1, -0.05) is 12.1 Å². The molecule has 2 N–H and O–H groups in total. The Kier molecular flexibility index (Phi) is 2.66. The number of nitrogen functional groups attached to an aromatic ring is 1. The van der Waals surface area contributed by atoms with Gasteiger partial charge in [-0.3, -0.25) is 4.89 Å². The van der Waals surface area contributed by atoms with Gasteiger partial charge in [0, 0.05) is 5.69 Å². The molecule has 0 saturated carbocycles. The third-order valence-electron chi connectivity index (χ3n) is 1.34. The number of carbonyl (C=O) groups excluding carboxylic acids is 1. The summed E-state index contributed by atoms with van der Waals surface area (Å²) in [5, 5.41) is 0. The van der Waals surface area contributed by atoms with Crippen molar-refractivity contribution in [3.8, 4) is 0 Å². The van der Waals surface area contributed by atoms with E-state index in [1.165, 1.54) is 7.11 Å². The number of anilines is 1. The van der Waals surface area contributed by atoms with Gasteiger partial charge in [0.2, 0.25) is 0 Å². The van der Waals surface area contributed by atoms with E-state index in [-0.39, 0.29) is 0 Å². The van der Waals surface area contributed by atoms with Crippen molar-refractivity contribution in [3.05, 3.63) is 29.8 Å². The standard InChI is InChI=1S/C8H9NO3/c1-11-12-8(10)6-4-2-3-5-7(6)9/h2-5H,9H2,1H3. The van der Waals surface area contributed by atoms with Crippen molar-refractivity contribution >= 4 is 11.7 Å². The zero-order valence-corrected chi connectivity index (χ0v) is 6.61. The zero-order valence-electron chi connectivity index (χ0n) is 6.61. The minimum atomic E-state index is -0.587. The molecule has 1 aromatic carbocycles. The highest BCUT2D eigenvalue weighted by atomic mass is 17.2. The molecule has 0 aliphatic heterocycles. The molecule has 4 nitrogen and oxygen atoms in total. The molecule has 1 aromatic rings. The fourth-order valence-electron chi connectivity index (χ4n) is 0.803. The molecule has 0 fully saturated rings. The third-order valence-corrected chi connectivity index (χ3v) is 1.34. The number of hydrogen-bond acceptors (Lipinski definition) is 4. The van der Waals surface area contributed by atoms with E-state index < -0.39 is 5.97 Å². The molecule has 1 rings (SSSR count). The van der Waals surface area contributed by atoms with E-state index >= 15 is 0 Å². The quantitative estimate of drug-likeness (QED) is 0.405. The lowest BCUT2D eigenvalue weighted by atomic mass is 10.2. The Balaban J connectivity index is 2.87.